The average molecular weight is 381 g/mol. The van der Waals surface area contributed by atoms with Crippen molar-refractivity contribution in [3.05, 3.63) is 29.3 Å². The van der Waals surface area contributed by atoms with E-state index in [1.807, 2.05) is 26.0 Å². The molecule has 1 fully saturated rings. The summed E-state index contributed by atoms with van der Waals surface area (Å²) in [5.74, 6) is 0.786. The maximum absolute atomic E-state index is 11.7. The summed E-state index contributed by atoms with van der Waals surface area (Å²) in [6.45, 7) is 8.23. The lowest BCUT2D eigenvalue weighted by Crippen LogP contribution is -2.45. The van der Waals surface area contributed by atoms with Crippen LogP contribution in [0.25, 0.3) is 0 Å². The minimum absolute atomic E-state index is 0.382. The van der Waals surface area contributed by atoms with Crippen LogP contribution in [-0.4, -0.2) is 57.8 Å². The fourth-order valence-corrected chi connectivity index (χ4v) is 3.93. The fourth-order valence-electron chi connectivity index (χ4n) is 2.97. The Kier molecular flexibility index (Phi) is 7.06. The monoisotopic (exact) mass is 380 g/mol. The van der Waals surface area contributed by atoms with Gasteiger partial charge < -0.3 is 10.6 Å². The topological polar surface area (TPSA) is 73.8 Å². The minimum Gasteiger partial charge on any atom is -0.357 e. The zero-order valence-corrected chi connectivity index (χ0v) is 17.4. The summed E-state index contributed by atoms with van der Waals surface area (Å²) in [5, 5.41) is 6.67. The van der Waals surface area contributed by atoms with Gasteiger partial charge in [0.2, 0.25) is 0 Å². The van der Waals surface area contributed by atoms with E-state index in [0.29, 0.717) is 17.5 Å². The second kappa shape index (κ2) is 8.86. The summed E-state index contributed by atoms with van der Waals surface area (Å²) in [7, 11) is -1.00. The summed E-state index contributed by atoms with van der Waals surface area (Å²) in [6.07, 6.45) is 3.84. The van der Waals surface area contributed by atoms with Gasteiger partial charge in [0, 0.05) is 31.4 Å². The molecule has 0 radical (unpaired) electrons. The van der Waals surface area contributed by atoms with E-state index in [4.69, 9.17) is 0 Å². The van der Waals surface area contributed by atoms with Crippen LogP contribution in [0.2, 0.25) is 0 Å². The molecule has 6 nitrogen and oxygen atoms in total. The van der Waals surface area contributed by atoms with Gasteiger partial charge in [-0.3, -0.25) is 4.90 Å². The lowest BCUT2D eigenvalue weighted by atomic mass is 10.1. The maximum Gasteiger partial charge on any atom is 0.191 e. The van der Waals surface area contributed by atoms with Gasteiger partial charge in [0.25, 0.3) is 0 Å². The molecule has 0 spiro atoms. The van der Waals surface area contributed by atoms with E-state index in [2.05, 4.69) is 34.5 Å². The highest BCUT2D eigenvalue weighted by molar-refractivity contribution is 7.90. The number of nitrogens with one attached hydrogen (secondary N) is 2. The van der Waals surface area contributed by atoms with Crippen molar-refractivity contribution >= 4 is 15.8 Å². The molecule has 2 N–H and O–H groups in total. The standard InChI is InChI=1S/C19H32N4O2S/c1-6-20-19(21-12-15(3)23(4)17-8-9-17)22-13-16-7-10-18(14(2)11-16)26(5,24)25/h7,10-11,15,17H,6,8-9,12-13H2,1-5H3,(H2,20,21,22). The second-order valence-electron chi connectivity index (χ2n) is 7.19. The molecule has 1 aliphatic carbocycles. The van der Waals surface area contributed by atoms with Crippen molar-refractivity contribution in [3.63, 3.8) is 0 Å². The lowest BCUT2D eigenvalue weighted by Gasteiger charge is -2.25. The van der Waals surface area contributed by atoms with E-state index >= 15 is 0 Å². The van der Waals surface area contributed by atoms with E-state index in [9.17, 15) is 8.42 Å². The van der Waals surface area contributed by atoms with Crippen molar-refractivity contribution in [2.45, 2.75) is 57.1 Å². The number of sulfone groups is 1. The first-order chi connectivity index (χ1) is 12.2. The molecule has 0 amide bonds. The fraction of sp³-hybridized carbons (Fsp3) is 0.632. The predicted molar refractivity (Wildman–Crippen MR) is 107 cm³/mol. The number of aryl methyl sites for hydroxylation is 1. The molecule has 0 saturated heterocycles. The van der Waals surface area contributed by atoms with Gasteiger partial charge in [0.15, 0.2) is 15.8 Å². The summed E-state index contributed by atoms with van der Waals surface area (Å²) < 4.78 is 23.4. The quantitative estimate of drug-likeness (QED) is 0.533. The van der Waals surface area contributed by atoms with Crippen LogP contribution in [0.15, 0.2) is 28.1 Å². The summed E-state index contributed by atoms with van der Waals surface area (Å²) >= 11 is 0. The predicted octanol–water partition coefficient (Wildman–Crippen LogP) is 1.94. The van der Waals surface area contributed by atoms with Gasteiger partial charge in [-0.15, -0.1) is 0 Å². The van der Waals surface area contributed by atoms with Crippen molar-refractivity contribution < 1.29 is 8.42 Å². The number of aliphatic imine (C=N–C) groups is 1. The Labute approximate surface area is 158 Å². The smallest absolute Gasteiger partial charge is 0.191 e. The number of hydrogen-bond acceptors (Lipinski definition) is 4. The van der Waals surface area contributed by atoms with Crippen LogP contribution < -0.4 is 10.6 Å². The molecule has 1 unspecified atom stereocenters. The molecule has 0 bridgehead atoms. The van der Waals surface area contributed by atoms with Gasteiger partial charge >= 0.3 is 0 Å². The van der Waals surface area contributed by atoms with E-state index in [-0.39, 0.29) is 0 Å². The molecule has 0 heterocycles. The van der Waals surface area contributed by atoms with Crippen LogP contribution >= 0.6 is 0 Å². The molecule has 1 saturated carbocycles. The van der Waals surface area contributed by atoms with E-state index in [0.717, 1.165) is 36.2 Å². The maximum atomic E-state index is 11.7. The normalized spacial score (nSPS) is 16.6. The largest absolute Gasteiger partial charge is 0.357 e. The lowest BCUT2D eigenvalue weighted by molar-refractivity contribution is 0.247. The number of nitrogens with zero attached hydrogens (tertiary/aromatic N) is 2. The summed E-state index contributed by atoms with van der Waals surface area (Å²) in [5.41, 5.74) is 1.76. The molecule has 0 aromatic heterocycles. The van der Waals surface area contributed by atoms with Gasteiger partial charge in [0.1, 0.15) is 0 Å². The third kappa shape index (κ3) is 5.99. The molecule has 146 valence electrons. The molecular formula is C19H32N4O2S. The van der Waals surface area contributed by atoms with Gasteiger partial charge in [-0.25, -0.2) is 13.4 Å². The van der Waals surface area contributed by atoms with Crippen LogP contribution in [0.4, 0.5) is 0 Å². The van der Waals surface area contributed by atoms with Crippen molar-refractivity contribution in [3.8, 4) is 0 Å². The molecule has 1 aromatic carbocycles. The Hall–Kier alpha value is -1.60. The molecular weight excluding hydrogens is 348 g/mol. The summed E-state index contributed by atoms with van der Waals surface area (Å²) in [6, 6.07) is 6.58. The molecule has 1 aromatic rings. The van der Waals surface area contributed by atoms with Gasteiger partial charge in [0.05, 0.1) is 11.4 Å². The van der Waals surface area contributed by atoms with Crippen molar-refractivity contribution in [2.24, 2.45) is 4.99 Å². The average Bonchev–Trinajstić information content (AvgIpc) is 3.40. The van der Waals surface area contributed by atoms with E-state index in [1.54, 1.807) is 6.07 Å². The highest BCUT2D eigenvalue weighted by atomic mass is 32.2. The molecule has 7 heteroatoms. The van der Waals surface area contributed by atoms with Gasteiger partial charge in [-0.2, -0.15) is 0 Å². The Morgan fingerprint density at radius 1 is 1.35 bits per heavy atom. The minimum atomic E-state index is -3.18. The number of benzene rings is 1. The third-order valence-electron chi connectivity index (χ3n) is 4.79. The Morgan fingerprint density at radius 3 is 2.58 bits per heavy atom. The first kappa shape index (κ1) is 20.7. The van der Waals surface area contributed by atoms with Crippen molar-refractivity contribution in [1.82, 2.24) is 15.5 Å². The summed E-state index contributed by atoms with van der Waals surface area (Å²) in [4.78, 5) is 7.44. The molecule has 26 heavy (non-hydrogen) atoms. The molecule has 1 aliphatic rings. The highest BCUT2D eigenvalue weighted by Gasteiger charge is 2.28. The van der Waals surface area contributed by atoms with Crippen LogP contribution in [0.1, 0.15) is 37.8 Å². The zero-order chi connectivity index (χ0) is 19.3. The van der Waals surface area contributed by atoms with Crippen LogP contribution in [0, 0.1) is 6.92 Å². The highest BCUT2D eigenvalue weighted by Crippen LogP contribution is 2.26. The van der Waals surface area contributed by atoms with E-state index < -0.39 is 9.84 Å². The number of rotatable bonds is 8. The zero-order valence-electron chi connectivity index (χ0n) is 16.5. The third-order valence-corrected chi connectivity index (χ3v) is 6.04. The van der Waals surface area contributed by atoms with Crippen LogP contribution in [0.3, 0.4) is 0 Å². The number of guanidine groups is 1. The van der Waals surface area contributed by atoms with Gasteiger partial charge in [-0.1, -0.05) is 12.1 Å². The van der Waals surface area contributed by atoms with E-state index in [1.165, 1.54) is 19.1 Å². The number of hydrogen-bond donors (Lipinski definition) is 2. The molecule has 2 rings (SSSR count). The van der Waals surface area contributed by atoms with Crippen molar-refractivity contribution in [1.29, 1.82) is 0 Å². The first-order valence-electron chi connectivity index (χ1n) is 9.26. The van der Waals surface area contributed by atoms with Crippen molar-refractivity contribution in [2.75, 3.05) is 26.4 Å². The van der Waals surface area contributed by atoms with Gasteiger partial charge in [-0.05, 0) is 57.9 Å². The second-order valence-corrected chi connectivity index (χ2v) is 9.18. The SMILES string of the molecule is CCNC(=NCc1ccc(S(C)(=O)=O)c(C)c1)NCC(C)N(C)C1CC1. The van der Waals surface area contributed by atoms with Crippen LogP contribution in [0.5, 0.6) is 0 Å². The Balaban J connectivity index is 1.98. The number of likely N-dealkylation sites (N-methyl/N-ethyl adjacent to an activating group) is 1. The Morgan fingerprint density at radius 2 is 2.04 bits per heavy atom. The molecule has 0 aliphatic heterocycles. The molecule has 1 atom stereocenters. The van der Waals surface area contributed by atoms with Crippen LogP contribution in [-0.2, 0) is 16.4 Å². The Bertz CT molecular complexity index is 742. The first-order valence-corrected chi connectivity index (χ1v) is 11.1.